The second-order valence-electron chi connectivity index (χ2n) is 10.2. The molecule has 0 saturated heterocycles. The van der Waals surface area contributed by atoms with Crippen LogP contribution in [-0.2, 0) is 5.41 Å². The van der Waals surface area contributed by atoms with Gasteiger partial charge in [-0.1, -0.05) is 45.0 Å². The van der Waals surface area contributed by atoms with Gasteiger partial charge in [-0.3, -0.25) is 4.79 Å². The second kappa shape index (κ2) is 9.94. The van der Waals surface area contributed by atoms with Crippen molar-refractivity contribution in [2.24, 2.45) is 0 Å². The molecule has 5 rings (SSSR count). The lowest BCUT2D eigenvalue weighted by atomic mass is 9.87. The lowest BCUT2D eigenvalue weighted by Gasteiger charge is -2.19. The maximum absolute atomic E-state index is 12.9. The number of aromatic carboxylic acids is 1. The number of amides is 1. The van der Waals surface area contributed by atoms with E-state index in [2.05, 4.69) is 36.4 Å². The van der Waals surface area contributed by atoms with Gasteiger partial charge >= 0.3 is 5.97 Å². The van der Waals surface area contributed by atoms with Gasteiger partial charge in [-0.2, -0.15) is 0 Å². The first-order valence-electron chi connectivity index (χ1n) is 12.3. The van der Waals surface area contributed by atoms with Crippen LogP contribution in [0.2, 0.25) is 0 Å². The van der Waals surface area contributed by atoms with E-state index in [0.717, 1.165) is 11.1 Å². The lowest BCUT2D eigenvalue weighted by molar-refractivity contribution is 0.0693. The molecule has 3 aromatic carbocycles. The summed E-state index contributed by atoms with van der Waals surface area (Å²) in [6.07, 6.45) is 5.24. The van der Waals surface area contributed by atoms with E-state index in [0.29, 0.717) is 34.1 Å². The van der Waals surface area contributed by atoms with Gasteiger partial charge in [0.25, 0.3) is 5.91 Å². The summed E-state index contributed by atoms with van der Waals surface area (Å²) in [5, 5.41) is 25.3. The highest BCUT2D eigenvalue weighted by Gasteiger charge is 2.16. The van der Waals surface area contributed by atoms with Crippen LogP contribution in [0, 0.1) is 0 Å². The first kappa shape index (κ1) is 25.5. The molecular weight excluding hydrogens is 494 g/mol. The molecule has 0 aliphatic heterocycles. The van der Waals surface area contributed by atoms with Crippen LogP contribution in [0.25, 0.3) is 16.9 Å². The van der Waals surface area contributed by atoms with Crippen molar-refractivity contribution < 1.29 is 19.8 Å². The van der Waals surface area contributed by atoms with Gasteiger partial charge in [-0.15, -0.1) is 0 Å². The van der Waals surface area contributed by atoms with Gasteiger partial charge in [0.05, 0.1) is 5.69 Å². The number of carboxylic acids is 1. The number of carboxylic acid groups (broad SMARTS) is 1. The summed E-state index contributed by atoms with van der Waals surface area (Å²) < 4.78 is 1.80. The summed E-state index contributed by atoms with van der Waals surface area (Å²) in [5.41, 5.74) is 4.51. The van der Waals surface area contributed by atoms with E-state index in [1.807, 2.05) is 54.7 Å². The van der Waals surface area contributed by atoms with Crippen molar-refractivity contribution >= 4 is 34.7 Å². The predicted octanol–water partition coefficient (Wildman–Crippen LogP) is 6.09. The molecule has 9 nitrogen and oxygen atoms in total. The minimum absolute atomic E-state index is 0.00268. The van der Waals surface area contributed by atoms with Crippen molar-refractivity contribution in [1.29, 1.82) is 0 Å². The normalized spacial score (nSPS) is 11.4. The molecule has 1 amide bonds. The Labute approximate surface area is 224 Å². The molecule has 0 atom stereocenters. The maximum atomic E-state index is 12.9. The van der Waals surface area contributed by atoms with E-state index in [1.54, 1.807) is 22.9 Å². The van der Waals surface area contributed by atoms with Gasteiger partial charge in [0.2, 0.25) is 0 Å². The van der Waals surface area contributed by atoms with Gasteiger partial charge in [0.1, 0.15) is 11.3 Å². The van der Waals surface area contributed by atoms with E-state index in [9.17, 15) is 19.8 Å². The van der Waals surface area contributed by atoms with Crippen LogP contribution in [0.3, 0.4) is 0 Å². The van der Waals surface area contributed by atoms with Crippen molar-refractivity contribution in [3.8, 4) is 17.0 Å². The van der Waals surface area contributed by atoms with Gasteiger partial charge in [-0.05, 0) is 47.4 Å². The number of nitrogens with zero attached hydrogens (tertiary/aromatic N) is 3. The predicted molar refractivity (Wildman–Crippen MR) is 150 cm³/mol. The Balaban J connectivity index is 1.42. The topological polar surface area (TPSA) is 129 Å². The molecule has 0 spiro atoms. The number of hydrogen-bond donors (Lipinski definition) is 4. The molecular formula is C30H27N5O4. The minimum Gasteiger partial charge on any atom is -0.507 e. The fourth-order valence-electron chi connectivity index (χ4n) is 4.16. The van der Waals surface area contributed by atoms with Crippen LogP contribution in [0.1, 0.15) is 47.1 Å². The number of imidazole rings is 1. The molecule has 0 unspecified atom stereocenters. The molecule has 5 aromatic rings. The Kier molecular flexibility index (Phi) is 6.49. The average Bonchev–Trinajstić information content (AvgIpc) is 3.37. The molecule has 2 heterocycles. The molecule has 2 aromatic heterocycles. The zero-order chi connectivity index (χ0) is 27.7. The number of fused-ring (bicyclic) bond motifs is 1. The van der Waals surface area contributed by atoms with Gasteiger partial charge < -0.3 is 25.2 Å². The van der Waals surface area contributed by atoms with Crippen LogP contribution in [0.4, 0.5) is 17.2 Å². The first-order chi connectivity index (χ1) is 18.6. The number of benzene rings is 3. The number of nitrogens with one attached hydrogen (secondary N) is 2. The van der Waals surface area contributed by atoms with Crippen molar-refractivity contribution in [2.75, 3.05) is 10.6 Å². The molecule has 0 saturated carbocycles. The Morgan fingerprint density at radius 2 is 1.72 bits per heavy atom. The summed E-state index contributed by atoms with van der Waals surface area (Å²) >= 11 is 0. The van der Waals surface area contributed by atoms with Crippen LogP contribution in [0.5, 0.6) is 5.75 Å². The highest BCUT2D eigenvalue weighted by molar-refractivity contribution is 6.04. The average molecular weight is 522 g/mol. The quantitative estimate of drug-likeness (QED) is 0.213. The molecule has 0 aliphatic carbocycles. The summed E-state index contributed by atoms with van der Waals surface area (Å²) in [6, 6.07) is 19.1. The van der Waals surface area contributed by atoms with E-state index >= 15 is 0 Å². The number of carbonyl (C=O) groups excluding carboxylic acids is 1. The smallest absolute Gasteiger partial charge is 0.339 e. The van der Waals surface area contributed by atoms with Crippen molar-refractivity contribution in [3.63, 3.8) is 0 Å². The molecule has 39 heavy (non-hydrogen) atoms. The van der Waals surface area contributed by atoms with Crippen LogP contribution in [0.15, 0.2) is 85.3 Å². The van der Waals surface area contributed by atoms with Crippen LogP contribution >= 0.6 is 0 Å². The van der Waals surface area contributed by atoms with Crippen LogP contribution in [-0.4, -0.2) is 36.5 Å². The summed E-state index contributed by atoms with van der Waals surface area (Å²) in [7, 11) is 0. The van der Waals surface area contributed by atoms with Gasteiger partial charge in [-0.25, -0.2) is 14.8 Å². The Morgan fingerprint density at radius 3 is 2.41 bits per heavy atom. The van der Waals surface area contributed by atoms with E-state index in [1.165, 1.54) is 12.1 Å². The fourth-order valence-corrected chi connectivity index (χ4v) is 4.16. The Hall–Kier alpha value is -5.18. The van der Waals surface area contributed by atoms with Crippen molar-refractivity contribution in [1.82, 2.24) is 14.4 Å². The molecule has 9 heteroatoms. The minimum atomic E-state index is -1.22. The molecule has 0 fully saturated rings. The third-order valence-electron chi connectivity index (χ3n) is 6.29. The number of aromatic hydroxyl groups is 1. The highest BCUT2D eigenvalue weighted by Crippen LogP contribution is 2.29. The molecule has 0 radical (unpaired) electrons. The Morgan fingerprint density at radius 1 is 0.949 bits per heavy atom. The maximum Gasteiger partial charge on any atom is 0.339 e. The second-order valence-corrected chi connectivity index (χ2v) is 10.2. The zero-order valence-corrected chi connectivity index (χ0v) is 21.6. The molecule has 4 N–H and O–H groups in total. The lowest BCUT2D eigenvalue weighted by Crippen LogP contribution is -2.14. The molecule has 196 valence electrons. The molecule has 0 bridgehead atoms. The van der Waals surface area contributed by atoms with Crippen molar-refractivity contribution in [2.45, 2.75) is 26.2 Å². The SMILES string of the molecule is CC(C)(C)c1ccc(C(=O)Nc2cccc(-c3cn4ccnc4c(Nc4ccc(C(=O)O)c(O)c4)n3)c2)cc1. The monoisotopic (exact) mass is 521 g/mol. The highest BCUT2D eigenvalue weighted by atomic mass is 16.4. The van der Waals surface area contributed by atoms with Gasteiger partial charge in [0, 0.05) is 47.2 Å². The van der Waals surface area contributed by atoms with E-state index in [4.69, 9.17) is 4.98 Å². The number of anilines is 3. The standard InChI is InChI=1S/C30H27N5O4/c1-30(2,3)20-9-7-18(8-10-20)28(37)33-21-6-4-5-19(15-21)24-17-35-14-13-31-27(35)26(34-24)32-22-11-12-23(29(38)39)25(36)16-22/h4-17,36H,1-3H3,(H,32,34)(H,33,37)(H,38,39). The largest absolute Gasteiger partial charge is 0.507 e. The Bertz CT molecular complexity index is 1700. The third-order valence-corrected chi connectivity index (χ3v) is 6.29. The summed E-state index contributed by atoms with van der Waals surface area (Å²) in [6.45, 7) is 6.38. The fraction of sp³-hybridized carbons (Fsp3) is 0.133. The third kappa shape index (κ3) is 5.42. The number of rotatable bonds is 6. The number of carbonyl (C=O) groups is 2. The first-order valence-corrected chi connectivity index (χ1v) is 12.3. The zero-order valence-electron chi connectivity index (χ0n) is 21.6. The van der Waals surface area contributed by atoms with Crippen molar-refractivity contribution in [3.05, 3.63) is 102 Å². The number of phenols is 1. The summed E-state index contributed by atoms with van der Waals surface area (Å²) in [5.74, 6) is -1.38. The van der Waals surface area contributed by atoms with Crippen LogP contribution < -0.4 is 10.6 Å². The molecule has 0 aliphatic rings. The summed E-state index contributed by atoms with van der Waals surface area (Å²) in [4.78, 5) is 33.2. The number of aromatic nitrogens is 3. The van der Waals surface area contributed by atoms with Gasteiger partial charge in [0.15, 0.2) is 11.5 Å². The van der Waals surface area contributed by atoms with E-state index in [-0.39, 0.29) is 22.6 Å². The number of hydrogen-bond acceptors (Lipinski definition) is 6. The van der Waals surface area contributed by atoms with E-state index < -0.39 is 5.97 Å².